The van der Waals surface area contributed by atoms with Crippen molar-refractivity contribution in [1.82, 2.24) is 15.0 Å². The molecule has 0 aliphatic heterocycles. The van der Waals surface area contributed by atoms with Crippen molar-refractivity contribution in [2.24, 2.45) is 0 Å². The van der Waals surface area contributed by atoms with Crippen LogP contribution in [0.4, 0.5) is 11.8 Å². The van der Waals surface area contributed by atoms with E-state index in [4.69, 9.17) is 11.6 Å². The van der Waals surface area contributed by atoms with Gasteiger partial charge in [0.2, 0.25) is 5.95 Å². The average molecular weight is 278 g/mol. The van der Waals surface area contributed by atoms with Crippen molar-refractivity contribution < 1.29 is 0 Å². The van der Waals surface area contributed by atoms with Gasteiger partial charge in [0.25, 0.3) is 0 Å². The highest BCUT2D eigenvalue weighted by Crippen LogP contribution is 2.19. The SMILES string of the molecule is CCNc1ncc(Cl)c(NCc2cccc(C)n2)n1. The molecule has 0 atom stereocenters. The number of anilines is 2. The summed E-state index contributed by atoms with van der Waals surface area (Å²) in [6, 6.07) is 5.90. The van der Waals surface area contributed by atoms with Gasteiger partial charge in [-0.3, -0.25) is 4.98 Å². The molecule has 0 bridgehead atoms. The number of aromatic nitrogens is 3. The molecule has 0 amide bonds. The summed E-state index contributed by atoms with van der Waals surface area (Å²) < 4.78 is 0. The largest absolute Gasteiger partial charge is 0.363 e. The van der Waals surface area contributed by atoms with Gasteiger partial charge in [0.1, 0.15) is 5.02 Å². The topological polar surface area (TPSA) is 62.7 Å². The Morgan fingerprint density at radius 2 is 2.05 bits per heavy atom. The van der Waals surface area contributed by atoms with E-state index in [2.05, 4.69) is 25.6 Å². The van der Waals surface area contributed by atoms with Crippen LogP contribution in [0.2, 0.25) is 5.02 Å². The molecule has 0 unspecified atom stereocenters. The first kappa shape index (κ1) is 13.5. The summed E-state index contributed by atoms with van der Waals surface area (Å²) in [6.45, 7) is 5.29. The van der Waals surface area contributed by atoms with Gasteiger partial charge >= 0.3 is 0 Å². The normalized spacial score (nSPS) is 10.3. The van der Waals surface area contributed by atoms with Gasteiger partial charge < -0.3 is 10.6 Å². The molecular weight excluding hydrogens is 262 g/mol. The molecule has 0 radical (unpaired) electrons. The van der Waals surface area contributed by atoms with Gasteiger partial charge in [-0.25, -0.2) is 4.98 Å². The first-order valence-corrected chi connectivity index (χ1v) is 6.49. The number of nitrogens with zero attached hydrogens (tertiary/aromatic N) is 3. The average Bonchev–Trinajstić information content (AvgIpc) is 2.40. The molecule has 19 heavy (non-hydrogen) atoms. The Labute approximate surface area is 117 Å². The predicted octanol–water partition coefficient (Wildman–Crippen LogP) is 2.88. The number of pyridine rings is 1. The van der Waals surface area contributed by atoms with Crippen LogP contribution in [-0.4, -0.2) is 21.5 Å². The van der Waals surface area contributed by atoms with Crippen molar-refractivity contribution in [3.05, 3.63) is 40.8 Å². The summed E-state index contributed by atoms with van der Waals surface area (Å²) in [5.74, 6) is 1.17. The molecule has 100 valence electrons. The van der Waals surface area contributed by atoms with E-state index in [1.165, 1.54) is 0 Å². The van der Waals surface area contributed by atoms with Crippen LogP contribution in [0, 0.1) is 6.92 Å². The molecule has 0 aliphatic carbocycles. The Morgan fingerprint density at radius 3 is 2.79 bits per heavy atom. The van der Waals surface area contributed by atoms with Crippen LogP contribution in [0.25, 0.3) is 0 Å². The number of halogens is 1. The predicted molar refractivity (Wildman–Crippen MR) is 77.5 cm³/mol. The maximum Gasteiger partial charge on any atom is 0.224 e. The Morgan fingerprint density at radius 1 is 1.21 bits per heavy atom. The fraction of sp³-hybridized carbons (Fsp3) is 0.308. The zero-order chi connectivity index (χ0) is 13.7. The summed E-state index contributed by atoms with van der Waals surface area (Å²) >= 11 is 6.06. The zero-order valence-electron chi connectivity index (χ0n) is 10.9. The van der Waals surface area contributed by atoms with E-state index in [1.54, 1.807) is 6.20 Å². The molecule has 5 nitrogen and oxygen atoms in total. The number of rotatable bonds is 5. The van der Waals surface area contributed by atoms with Crippen molar-refractivity contribution in [1.29, 1.82) is 0 Å². The highest BCUT2D eigenvalue weighted by atomic mass is 35.5. The van der Waals surface area contributed by atoms with E-state index in [0.717, 1.165) is 17.9 Å². The van der Waals surface area contributed by atoms with Gasteiger partial charge in [-0.15, -0.1) is 0 Å². The lowest BCUT2D eigenvalue weighted by atomic mass is 10.3. The summed E-state index contributed by atoms with van der Waals surface area (Å²) in [7, 11) is 0. The van der Waals surface area contributed by atoms with Crippen LogP contribution in [0.15, 0.2) is 24.4 Å². The molecule has 2 heterocycles. The maximum atomic E-state index is 6.06. The summed E-state index contributed by atoms with van der Waals surface area (Å²) in [5, 5.41) is 6.71. The van der Waals surface area contributed by atoms with Crippen LogP contribution in [0.5, 0.6) is 0 Å². The van der Waals surface area contributed by atoms with Crippen molar-refractivity contribution in [3.63, 3.8) is 0 Å². The Kier molecular flexibility index (Phi) is 4.52. The van der Waals surface area contributed by atoms with Crippen molar-refractivity contribution in [3.8, 4) is 0 Å². The Balaban J connectivity index is 2.08. The van der Waals surface area contributed by atoms with Gasteiger partial charge in [-0.1, -0.05) is 17.7 Å². The molecule has 0 saturated heterocycles. The third kappa shape index (κ3) is 3.79. The molecule has 2 rings (SSSR count). The first-order chi connectivity index (χ1) is 9.19. The number of hydrogen-bond acceptors (Lipinski definition) is 5. The van der Waals surface area contributed by atoms with Crippen molar-refractivity contribution in [2.45, 2.75) is 20.4 Å². The van der Waals surface area contributed by atoms with E-state index >= 15 is 0 Å². The van der Waals surface area contributed by atoms with Crippen LogP contribution < -0.4 is 10.6 Å². The molecule has 0 aromatic carbocycles. The van der Waals surface area contributed by atoms with Crippen molar-refractivity contribution >= 4 is 23.4 Å². The highest BCUT2D eigenvalue weighted by Gasteiger charge is 2.05. The zero-order valence-corrected chi connectivity index (χ0v) is 11.7. The van der Waals surface area contributed by atoms with E-state index in [9.17, 15) is 0 Å². The molecule has 2 aromatic rings. The van der Waals surface area contributed by atoms with E-state index < -0.39 is 0 Å². The molecule has 0 aliphatic rings. The third-order valence-electron chi connectivity index (χ3n) is 2.46. The van der Waals surface area contributed by atoms with E-state index in [0.29, 0.717) is 23.3 Å². The molecule has 2 N–H and O–H groups in total. The fourth-order valence-electron chi connectivity index (χ4n) is 1.61. The van der Waals surface area contributed by atoms with Crippen LogP contribution >= 0.6 is 11.6 Å². The van der Waals surface area contributed by atoms with Gasteiger partial charge in [-0.2, -0.15) is 4.98 Å². The minimum Gasteiger partial charge on any atom is -0.363 e. The summed E-state index contributed by atoms with van der Waals surface area (Å²) in [4.78, 5) is 12.8. The monoisotopic (exact) mass is 277 g/mol. The lowest BCUT2D eigenvalue weighted by Crippen LogP contribution is -2.08. The third-order valence-corrected chi connectivity index (χ3v) is 2.74. The second kappa shape index (κ2) is 6.33. The number of nitrogens with one attached hydrogen (secondary N) is 2. The standard InChI is InChI=1S/C13H16ClN5/c1-3-15-13-17-8-11(14)12(19-13)16-7-10-6-4-5-9(2)18-10/h4-6,8H,3,7H2,1-2H3,(H2,15,16,17,19). The molecule has 0 spiro atoms. The van der Waals surface area contributed by atoms with E-state index in [-0.39, 0.29) is 0 Å². The van der Waals surface area contributed by atoms with Gasteiger partial charge in [-0.05, 0) is 26.0 Å². The van der Waals surface area contributed by atoms with Crippen LogP contribution in [0.3, 0.4) is 0 Å². The second-order valence-electron chi connectivity index (χ2n) is 4.04. The van der Waals surface area contributed by atoms with Gasteiger partial charge in [0, 0.05) is 12.2 Å². The van der Waals surface area contributed by atoms with Gasteiger partial charge in [0.05, 0.1) is 18.4 Å². The molecule has 0 saturated carbocycles. The lowest BCUT2D eigenvalue weighted by Gasteiger charge is -2.09. The molecule has 0 fully saturated rings. The number of aryl methyl sites for hydroxylation is 1. The van der Waals surface area contributed by atoms with Gasteiger partial charge in [0.15, 0.2) is 5.82 Å². The quantitative estimate of drug-likeness (QED) is 0.880. The molecular formula is C13H16ClN5. The Hall–Kier alpha value is -1.88. The first-order valence-electron chi connectivity index (χ1n) is 6.12. The lowest BCUT2D eigenvalue weighted by molar-refractivity contribution is 0.994. The minimum absolute atomic E-state index is 0.495. The fourth-order valence-corrected chi connectivity index (χ4v) is 1.76. The molecule has 2 aromatic heterocycles. The summed E-state index contributed by atoms with van der Waals surface area (Å²) in [6.07, 6.45) is 1.58. The van der Waals surface area contributed by atoms with Crippen LogP contribution in [0.1, 0.15) is 18.3 Å². The maximum absolute atomic E-state index is 6.06. The smallest absolute Gasteiger partial charge is 0.224 e. The number of hydrogen-bond donors (Lipinski definition) is 2. The Bertz CT molecular complexity index is 558. The van der Waals surface area contributed by atoms with Crippen LogP contribution in [-0.2, 0) is 6.54 Å². The highest BCUT2D eigenvalue weighted by molar-refractivity contribution is 6.32. The summed E-state index contributed by atoms with van der Waals surface area (Å²) in [5.41, 5.74) is 1.93. The minimum atomic E-state index is 0.495. The second-order valence-corrected chi connectivity index (χ2v) is 4.45. The molecule has 6 heteroatoms. The van der Waals surface area contributed by atoms with Crippen molar-refractivity contribution in [2.75, 3.05) is 17.2 Å². The van der Waals surface area contributed by atoms with E-state index in [1.807, 2.05) is 32.0 Å².